The summed E-state index contributed by atoms with van der Waals surface area (Å²) in [6, 6.07) is 7.59. The van der Waals surface area contributed by atoms with Crippen LogP contribution in [-0.2, 0) is 6.54 Å². The molecule has 0 radical (unpaired) electrons. The molecule has 1 saturated carbocycles. The van der Waals surface area contributed by atoms with Gasteiger partial charge >= 0.3 is 0 Å². The third-order valence-corrected chi connectivity index (χ3v) is 5.17. The fourth-order valence-electron chi connectivity index (χ4n) is 3.03. The summed E-state index contributed by atoms with van der Waals surface area (Å²) >= 11 is 9.89. The molecule has 1 saturated heterocycles. The van der Waals surface area contributed by atoms with Gasteiger partial charge in [-0.15, -0.1) is 0 Å². The monoisotopic (exact) mass is 356 g/mol. The summed E-state index contributed by atoms with van der Waals surface area (Å²) in [4.78, 5) is 2.62. The second kappa shape index (κ2) is 6.78. The van der Waals surface area contributed by atoms with Gasteiger partial charge in [-0.1, -0.05) is 34.0 Å². The zero-order valence-corrected chi connectivity index (χ0v) is 14.1. The SMILES string of the molecule is Clc1ccc(Br)cc1CN(CC1CCCCN1)C1CC1. The van der Waals surface area contributed by atoms with Crippen molar-refractivity contribution in [2.75, 3.05) is 13.1 Å². The number of nitrogens with one attached hydrogen (secondary N) is 1. The summed E-state index contributed by atoms with van der Waals surface area (Å²) < 4.78 is 1.11. The van der Waals surface area contributed by atoms with Crippen molar-refractivity contribution in [3.05, 3.63) is 33.3 Å². The Morgan fingerprint density at radius 2 is 2.10 bits per heavy atom. The van der Waals surface area contributed by atoms with E-state index in [1.807, 2.05) is 12.1 Å². The van der Waals surface area contributed by atoms with Crippen LogP contribution in [-0.4, -0.2) is 30.1 Å². The molecule has 0 aromatic heterocycles. The number of nitrogens with zero attached hydrogens (tertiary/aromatic N) is 1. The van der Waals surface area contributed by atoms with Crippen molar-refractivity contribution in [2.45, 2.75) is 50.7 Å². The highest BCUT2D eigenvalue weighted by atomic mass is 79.9. The molecule has 1 unspecified atom stereocenters. The molecule has 2 nitrogen and oxygen atoms in total. The minimum atomic E-state index is 0.662. The Balaban J connectivity index is 1.66. The topological polar surface area (TPSA) is 15.3 Å². The zero-order valence-electron chi connectivity index (χ0n) is 11.7. The molecule has 20 heavy (non-hydrogen) atoms. The second-order valence-corrected chi connectivity index (χ2v) is 7.37. The van der Waals surface area contributed by atoms with E-state index >= 15 is 0 Å². The Morgan fingerprint density at radius 3 is 2.80 bits per heavy atom. The van der Waals surface area contributed by atoms with E-state index in [0.717, 1.165) is 28.6 Å². The highest BCUT2D eigenvalue weighted by molar-refractivity contribution is 9.10. The van der Waals surface area contributed by atoms with E-state index < -0.39 is 0 Å². The molecule has 110 valence electrons. The zero-order chi connectivity index (χ0) is 13.9. The molecule has 1 aromatic carbocycles. The van der Waals surface area contributed by atoms with E-state index in [2.05, 4.69) is 32.2 Å². The van der Waals surface area contributed by atoms with Crippen molar-refractivity contribution in [1.29, 1.82) is 0 Å². The van der Waals surface area contributed by atoms with Gasteiger partial charge < -0.3 is 5.32 Å². The van der Waals surface area contributed by atoms with Crippen LogP contribution < -0.4 is 5.32 Å². The molecule has 1 N–H and O–H groups in total. The van der Waals surface area contributed by atoms with E-state index in [-0.39, 0.29) is 0 Å². The van der Waals surface area contributed by atoms with Crippen molar-refractivity contribution in [3.63, 3.8) is 0 Å². The molecule has 1 aliphatic carbocycles. The molecule has 1 aliphatic heterocycles. The lowest BCUT2D eigenvalue weighted by Gasteiger charge is -2.31. The number of rotatable bonds is 5. The third-order valence-electron chi connectivity index (χ3n) is 4.31. The summed E-state index contributed by atoms with van der Waals surface area (Å²) in [7, 11) is 0. The fraction of sp³-hybridized carbons (Fsp3) is 0.625. The molecule has 3 rings (SSSR count). The van der Waals surface area contributed by atoms with Crippen LogP contribution in [0.4, 0.5) is 0 Å². The van der Waals surface area contributed by atoms with Gasteiger partial charge in [0.25, 0.3) is 0 Å². The van der Waals surface area contributed by atoms with Gasteiger partial charge in [0, 0.05) is 34.7 Å². The molecule has 0 bridgehead atoms. The summed E-state index contributed by atoms with van der Waals surface area (Å²) in [6.07, 6.45) is 6.71. The molecule has 4 heteroatoms. The van der Waals surface area contributed by atoms with E-state index in [1.54, 1.807) is 0 Å². The summed E-state index contributed by atoms with van der Waals surface area (Å²) in [5, 5.41) is 4.54. The molecule has 1 aromatic rings. The maximum atomic E-state index is 6.35. The van der Waals surface area contributed by atoms with Crippen molar-refractivity contribution < 1.29 is 0 Å². The normalized spacial score (nSPS) is 23.2. The van der Waals surface area contributed by atoms with Gasteiger partial charge in [0.1, 0.15) is 0 Å². The van der Waals surface area contributed by atoms with Crippen LogP contribution in [0.15, 0.2) is 22.7 Å². The van der Waals surface area contributed by atoms with Gasteiger partial charge in [-0.2, -0.15) is 0 Å². The molecular weight excluding hydrogens is 336 g/mol. The van der Waals surface area contributed by atoms with Gasteiger partial charge in [0.2, 0.25) is 0 Å². The lowest BCUT2D eigenvalue weighted by molar-refractivity contribution is 0.208. The lowest BCUT2D eigenvalue weighted by atomic mass is 10.0. The first kappa shape index (κ1) is 14.8. The van der Waals surface area contributed by atoms with E-state index in [9.17, 15) is 0 Å². The maximum Gasteiger partial charge on any atom is 0.0451 e. The van der Waals surface area contributed by atoms with Crippen molar-refractivity contribution in [1.82, 2.24) is 10.2 Å². The maximum absolute atomic E-state index is 6.35. The van der Waals surface area contributed by atoms with Crippen molar-refractivity contribution in [2.24, 2.45) is 0 Å². The molecule has 1 atom stereocenters. The average molecular weight is 358 g/mol. The number of hydrogen-bond donors (Lipinski definition) is 1. The van der Waals surface area contributed by atoms with Crippen LogP contribution >= 0.6 is 27.5 Å². The molecular formula is C16H22BrClN2. The van der Waals surface area contributed by atoms with Gasteiger partial charge in [0.05, 0.1) is 0 Å². The predicted octanol–water partition coefficient (Wildman–Crippen LogP) is 4.21. The number of piperidine rings is 1. The Hall–Kier alpha value is -0.0900. The third kappa shape index (κ3) is 3.97. The quantitative estimate of drug-likeness (QED) is 0.849. The smallest absolute Gasteiger partial charge is 0.0451 e. The standard InChI is InChI=1S/C16H22BrClN2/c17-13-4-7-16(18)12(9-13)10-20(15-5-6-15)11-14-3-1-2-8-19-14/h4,7,9,14-15,19H,1-3,5-6,8,10-11H2. The Kier molecular flexibility index (Phi) is 5.03. The first-order valence-electron chi connectivity index (χ1n) is 7.64. The molecule has 0 spiro atoms. The van der Waals surface area contributed by atoms with Crippen molar-refractivity contribution >= 4 is 27.5 Å². The summed E-state index contributed by atoms with van der Waals surface area (Å²) in [5.41, 5.74) is 1.24. The van der Waals surface area contributed by atoms with Crippen LogP contribution in [0.25, 0.3) is 0 Å². The van der Waals surface area contributed by atoms with Gasteiger partial charge in [-0.25, -0.2) is 0 Å². The number of hydrogen-bond acceptors (Lipinski definition) is 2. The van der Waals surface area contributed by atoms with Crippen LogP contribution in [0.5, 0.6) is 0 Å². The minimum absolute atomic E-state index is 0.662. The highest BCUT2D eigenvalue weighted by Crippen LogP contribution is 2.31. The second-order valence-electron chi connectivity index (χ2n) is 6.04. The number of halogens is 2. The van der Waals surface area contributed by atoms with Crippen LogP contribution in [0, 0.1) is 0 Å². The van der Waals surface area contributed by atoms with E-state index in [4.69, 9.17) is 11.6 Å². The summed E-state index contributed by atoms with van der Waals surface area (Å²) in [5.74, 6) is 0. The lowest BCUT2D eigenvalue weighted by Crippen LogP contribution is -2.44. The number of benzene rings is 1. The first-order valence-corrected chi connectivity index (χ1v) is 8.81. The molecule has 2 fully saturated rings. The Bertz CT molecular complexity index is 456. The fourth-order valence-corrected chi connectivity index (χ4v) is 3.61. The van der Waals surface area contributed by atoms with Crippen molar-refractivity contribution in [3.8, 4) is 0 Å². The van der Waals surface area contributed by atoms with Gasteiger partial charge in [-0.05, 0) is 56.0 Å². The van der Waals surface area contributed by atoms with E-state index in [1.165, 1.54) is 44.2 Å². The molecule has 0 amide bonds. The highest BCUT2D eigenvalue weighted by Gasteiger charge is 2.31. The molecule has 2 aliphatic rings. The van der Waals surface area contributed by atoms with Crippen LogP contribution in [0.3, 0.4) is 0 Å². The van der Waals surface area contributed by atoms with E-state index in [0.29, 0.717) is 6.04 Å². The van der Waals surface area contributed by atoms with Gasteiger partial charge in [0.15, 0.2) is 0 Å². The van der Waals surface area contributed by atoms with Gasteiger partial charge in [-0.3, -0.25) is 4.90 Å². The molecule has 1 heterocycles. The first-order chi connectivity index (χ1) is 9.72. The minimum Gasteiger partial charge on any atom is -0.313 e. The predicted molar refractivity (Wildman–Crippen MR) is 88.2 cm³/mol. The average Bonchev–Trinajstić information content (AvgIpc) is 3.28. The Labute approximate surface area is 135 Å². The van der Waals surface area contributed by atoms with Crippen LogP contribution in [0.1, 0.15) is 37.7 Å². The van der Waals surface area contributed by atoms with Crippen LogP contribution in [0.2, 0.25) is 5.02 Å². The Morgan fingerprint density at radius 1 is 1.25 bits per heavy atom. The summed E-state index contributed by atoms with van der Waals surface area (Å²) in [6.45, 7) is 3.31. The largest absolute Gasteiger partial charge is 0.313 e.